The molecule has 1 atom stereocenters. The lowest BCUT2D eigenvalue weighted by Gasteiger charge is -2.37. The van der Waals surface area contributed by atoms with Crippen LogP contribution >= 0.6 is 22.9 Å². The highest BCUT2D eigenvalue weighted by Gasteiger charge is 2.33. The first-order chi connectivity index (χ1) is 13.8. The third kappa shape index (κ3) is 5.52. The molecular weight excluding hydrogens is 408 g/mol. The molecule has 7 heteroatoms. The van der Waals surface area contributed by atoms with Gasteiger partial charge in [0, 0.05) is 29.9 Å². The predicted molar refractivity (Wildman–Crippen MR) is 117 cm³/mol. The number of carbonyl (C=O) groups excluding carboxylic acids is 2. The Balaban J connectivity index is 1.75. The minimum Gasteiger partial charge on any atom is -0.491 e. The Morgan fingerprint density at radius 2 is 2.00 bits per heavy atom. The van der Waals surface area contributed by atoms with Crippen LogP contribution in [0.5, 0.6) is 5.75 Å². The van der Waals surface area contributed by atoms with Crippen molar-refractivity contribution in [3.05, 3.63) is 51.2 Å². The zero-order chi connectivity index (χ0) is 21.0. The van der Waals surface area contributed by atoms with Crippen molar-refractivity contribution in [2.75, 3.05) is 26.2 Å². The molecule has 0 bridgehead atoms. The fraction of sp³-hybridized carbons (Fsp3) is 0.455. The largest absolute Gasteiger partial charge is 0.491 e. The van der Waals surface area contributed by atoms with E-state index in [2.05, 4.69) is 11.4 Å². The van der Waals surface area contributed by atoms with E-state index < -0.39 is 0 Å². The summed E-state index contributed by atoms with van der Waals surface area (Å²) in [5.41, 5.74) is 1.14. The van der Waals surface area contributed by atoms with E-state index >= 15 is 0 Å². The number of halogens is 1. The second kappa shape index (κ2) is 9.63. The normalized spacial score (nSPS) is 15.9. The molecule has 2 amide bonds. The van der Waals surface area contributed by atoms with Gasteiger partial charge in [-0.3, -0.25) is 9.59 Å². The smallest absolute Gasteiger partial charge is 0.242 e. The summed E-state index contributed by atoms with van der Waals surface area (Å²) in [7, 11) is 0. The van der Waals surface area contributed by atoms with Gasteiger partial charge in [-0.25, -0.2) is 0 Å². The van der Waals surface area contributed by atoms with Crippen LogP contribution in [-0.4, -0.2) is 47.9 Å². The van der Waals surface area contributed by atoms with Gasteiger partial charge < -0.3 is 14.5 Å². The van der Waals surface area contributed by atoms with Gasteiger partial charge in [-0.05, 0) is 53.6 Å². The lowest BCUT2D eigenvalue weighted by atomic mass is 10.0. The summed E-state index contributed by atoms with van der Waals surface area (Å²) in [6.45, 7) is 7.28. The van der Waals surface area contributed by atoms with Crippen LogP contribution in [0, 0.1) is 5.92 Å². The highest BCUT2D eigenvalue weighted by molar-refractivity contribution is 7.10. The lowest BCUT2D eigenvalue weighted by Crippen LogP contribution is -2.48. The number of amides is 2. The highest BCUT2D eigenvalue weighted by Crippen LogP contribution is 2.34. The number of rotatable bonds is 7. The van der Waals surface area contributed by atoms with Crippen molar-refractivity contribution in [1.82, 2.24) is 9.80 Å². The van der Waals surface area contributed by atoms with Gasteiger partial charge in [-0.15, -0.1) is 11.3 Å². The van der Waals surface area contributed by atoms with E-state index in [1.54, 1.807) is 28.4 Å². The SMILES string of the molecule is CC(=O)N(CC(=O)N1CCc2sccc2[C@@H]1COc1ccc(Cl)cc1)CC(C)C. The maximum atomic E-state index is 13.2. The maximum absolute atomic E-state index is 13.2. The molecule has 5 nitrogen and oxygen atoms in total. The van der Waals surface area contributed by atoms with E-state index in [4.69, 9.17) is 16.3 Å². The Morgan fingerprint density at radius 1 is 1.28 bits per heavy atom. The molecule has 3 rings (SSSR count). The molecule has 2 heterocycles. The Morgan fingerprint density at radius 3 is 2.66 bits per heavy atom. The number of thiophene rings is 1. The molecule has 0 saturated carbocycles. The summed E-state index contributed by atoms with van der Waals surface area (Å²) in [6.07, 6.45) is 0.834. The molecule has 29 heavy (non-hydrogen) atoms. The zero-order valence-electron chi connectivity index (χ0n) is 17.1. The van der Waals surface area contributed by atoms with E-state index in [9.17, 15) is 9.59 Å². The first kappa shape index (κ1) is 21.7. The summed E-state index contributed by atoms with van der Waals surface area (Å²) in [4.78, 5) is 29.9. The number of hydrogen-bond donors (Lipinski definition) is 0. The molecule has 1 aromatic heterocycles. The third-order valence-electron chi connectivity index (χ3n) is 4.99. The molecule has 0 saturated heterocycles. The molecule has 2 aromatic rings. The monoisotopic (exact) mass is 434 g/mol. The van der Waals surface area contributed by atoms with Crippen molar-refractivity contribution in [3.63, 3.8) is 0 Å². The van der Waals surface area contributed by atoms with Gasteiger partial charge in [0.15, 0.2) is 0 Å². The molecule has 0 fully saturated rings. The van der Waals surface area contributed by atoms with Crippen LogP contribution in [0.2, 0.25) is 5.02 Å². The number of carbonyl (C=O) groups is 2. The summed E-state index contributed by atoms with van der Waals surface area (Å²) < 4.78 is 6.00. The van der Waals surface area contributed by atoms with Crippen LogP contribution < -0.4 is 4.74 Å². The lowest BCUT2D eigenvalue weighted by molar-refractivity contribution is -0.142. The average Bonchev–Trinajstić information content (AvgIpc) is 3.15. The summed E-state index contributed by atoms with van der Waals surface area (Å²) >= 11 is 7.67. The fourth-order valence-electron chi connectivity index (χ4n) is 3.58. The van der Waals surface area contributed by atoms with Crippen molar-refractivity contribution in [3.8, 4) is 5.75 Å². The number of hydrogen-bond acceptors (Lipinski definition) is 4. The Hall–Kier alpha value is -2.05. The van der Waals surface area contributed by atoms with Crippen LogP contribution in [0.25, 0.3) is 0 Å². The van der Waals surface area contributed by atoms with E-state index in [-0.39, 0.29) is 24.4 Å². The Bertz CT molecular complexity index is 850. The average molecular weight is 435 g/mol. The first-order valence-corrected chi connectivity index (χ1v) is 11.1. The van der Waals surface area contributed by atoms with Crippen molar-refractivity contribution < 1.29 is 14.3 Å². The molecule has 0 unspecified atom stereocenters. The van der Waals surface area contributed by atoms with Crippen LogP contribution in [0.15, 0.2) is 35.7 Å². The van der Waals surface area contributed by atoms with E-state index in [1.807, 2.05) is 30.9 Å². The molecule has 156 valence electrons. The Kier molecular flexibility index (Phi) is 7.19. The summed E-state index contributed by atoms with van der Waals surface area (Å²) in [5.74, 6) is 0.909. The fourth-order valence-corrected chi connectivity index (χ4v) is 4.63. The number of fused-ring (bicyclic) bond motifs is 1. The molecule has 1 aliphatic rings. The maximum Gasteiger partial charge on any atom is 0.242 e. The van der Waals surface area contributed by atoms with E-state index in [0.29, 0.717) is 36.4 Å². The zero-order valence-corrected chi connectivity index (χ0v) is 18.6. The first-order valence-electron chi connectivity index (χ1n) is 9.84. The number of ether oxygens (including phenoxy) is 1. The minimum absolute atomic E-state index is 0.0394. The number of nitrogens with zero attached hydrogens (tertiary/aromatic N) is 2. The number of benzene rings is 1. The van der Waals surface area contributed by atoms with Gasteiger partial charge >= 0.3 is 0 Å². The standard InChI is InChI=1S/C22H27ClN2O3S/c1-15(2)12-24(16(3)26)13-22(27)25-10-8-21-19(9-11-29-21)20(25)14-28-18-6-4-17(23)5-7-18/h4-7,9,11,15,20H,8,10,12-14H2,1-3H3/t20-/m0/s1. The van der Waals surface area contributed by atoms with E-state index in [1.165, 1.54) is 11.8 Å². The van der Waals surface area contributed by atoms with Gasteiger partial charge in [0.05, 0.1) is 12.6 Å². The minimum atomic E-state index is -0.166. The molecule has 0 aliphatic carbocycles. The third-order valence-corrected chi connectivity index (χ3v) is 6.24. The quantitative estimate of drug-likeness (QED) is 0.648. The van der Waals surface area contributed by atoms with Crippen LogP contribution in [0.3, 0.4) is 0 Å². The van der Waals surface area contributed by atoms with Gasteiger partial charge in [0.2, 0.25) is 11.8 Å². The molecule has 1 aromatic carbocycles. The van der Waals surface area contributed by atoms with E-state index in [0.717, 1.165) is 12.0 Å². The second-order valence-electron chi connectivity index (χ2n) is 7.71. The van der Waals surface area contributed by atoms with Gasteiger partial charge in [0.1, 0.15) is 12.4 Å². The van der Waals surface area contributed by atoms with Crippen molar-refractivity contribution >= 4 is 34.8 Å². The highest BCUT2D eigenvalue weighted by atomic mass is 35.5. The summed E-state index contributed by atoms with van der Waals surface area (Å²) in [6, 6.07) is 9.13. The van der Waals surface area contributed by atoms with Crippen LogP contribution in [0.4, 0.5) is 0 Å². The molecule has 1 aliphatic heterocycles. The predicted octanol–water partition coefficient (Wildman–Crippen LogP) is 4.41. The topological polar surface area (TPSA) is 49.9 Å². The molecular formula is C22H27ClN2O3S. The summed E-state index contributed by atoms with van der Waals surface area (Å²) in [5, 5.41) is 2.72. The van der Waals surface area contributed by atoms with Crippen LogP contribution in [0.1, 0.15) is 37.3 Å². The van der Waals surface area contributed by atoms with Gasteiger partial charge in [-0.2, -0.15) is 0 Å². The molecule has 0 spiro atoms. The van der Waals surface area contributed by atoms with Crippen LogP contribution in [-0.2, 0) is 16.0 Å². The van der Waals surface area contributed by atoms with Gasteiger partial charge in [0.25, 0.3) is 0 Å². The van der Waals surface area contributed by atoms with Crippen molar-refractivity contribution in [1.29, 1.82) is 0 Å². The second-order valence-corrected chi connectivity index (χ2v) is 9.15. The van der Waals surface area contributed by atoms with Crippen molar-refractivity contribution in [2.45, 2.75) is 33.2 Å². The van der Waals surface area contributed by atoms with Crippen molar-refractivity contribution in [2.24, 2.45) is 5.92 Å². The molecule has 0 radical (unpaired) electrons. The van der Waals surface area contributed by atoms with Gasteiger partial charge in [-0.1, -0.05) is 25.4 Å². The molecule has 0 N–H and O–H groups in total. The Labute approximate surface area is 181 Å².